The number of nitro benzene ring substituents is 2. The van der Waals surface area contributed by atoms with Crippen LogP contribution in [-0.2, 0) is 6.18 Å². The van der Waals surface area contributed by atoms with Gasteiger partial charge in [-0.1, -0.05) is 11.6 Å². The van der Waals surface area contributed by atoms with E-state index in [9.17, 15) is 33.4 Å². The second-order valence-electron chi connectivity index (χ2n) is 2.83. The highest BCUT2D eigenvalue weighted by Gasteiger charge is 2.45. The van der Waals surface area contributed by atoms with Gasteiger partial charge in [0.05, 0.1) is 14.9 Å². The number of alkyl halides is 3. The molecule has 92 valence electrons. The molecule has 0 radical (unpaired) electrons. The normalized spacial score (nSPS) is 11.3. The average Bonchev–Trinajstić information content (AvgIpc) is 2.14. The summed E-state index contributed by atoms with van der Waals surface area (Å²) in [5, 5.41) is 20.3. The van der Waals surface area contributed by atoms with Crippen molar-refractivity contribution in [3.8, 4) is 0 Å². The standard InChI is InChI=1S/C7H2ClF3N2O4/c8-3-1-4(12(14)15)6(7(9,10)11)5(2-3)13(16)17/h1-2H. The molecule has 1 rings (SSSR count). The summed E-state index contributed by atoms with van der Waals surface area (Å²) in [7, 11) is 0. The molecule has 0 atom stereocenters. The van der Waals surface area contributed by atoms with Crippen molar-refractivity contribution in [3.05, 3.63) is 42.9 Å². The number of halogens is 4. The van der Waals surface area contributed by atoms with Crippen molar-refractivity contribution in [3.63, 3.8) is 0 Å². The zero-order valence-corrected chi connectivity index (χ0v) is 8.45. The molecule has 0 fully saturated rings. The van der Waals surface area contributed by atoms with Crippen LogP contribution in [0.2, 0.25) is 5.02 Å². The van der Waals surface area contributed by atoms with Crippen LogP contribution >= 0.6 is 11.6 Å². The van der Waals surface area contributed by atoms with E-state index >= 15 is 0 Å². The molecule has 1 aromatic rings. The summed E-state index contributed by atoms with van der Waals surface area (Å²) in [6.45, 7) is 0. The molecule has 0 aliphatic carbocycles. The molecule has 0 saturated carbocycles. The molecule has 6 nitrogen and oxygen atoms in total. The molecule has 0 aromatic heterocycles. The predicted molar refractivity (Wildman–Crippen MR) is 49.8 cm³/mol. The van der Waals surface area contributed by atoms with Crippen LogP contribution < -0.4 is 0 Å². The van der Waals surface area contributed by atoms with Gasteiger partial charge in [0.1, 0.15) is 0 Å². The predicted octanol–water partition coefficient (Wildman–Crippen LogP) is 3.18. The first-order chi connectivity index (χ1) is 7.64. The van der Waals surface area contributed by atoms with Gasteiger partial charge >= 0.3 is 6.18 Å². The number of hydrogen-bond donors (Lipinski definition) is 0. The molecule has 0 saturated heterocycles. The summed E-state index contributed by atoms with van der Waals surface area (Å²) in [4.78, 5) is 18.1. The van der Waals surface area contributed by atoms with Gasteiger partial charge in [0, 0.05) is 12.1 Å². The van der Waals surface area contributed by atoms with Crippen molar-refractivity contribution in [2.24, 2.45) is 0 Å². The van der Waals surface area contributed by atoms with E-state index in [1.165, 1.54) is 0 Å². The van der Waals surface area contributed by atoms with Gasteiger partial charge in [-0.25, -0.2) is 0 Å². The van der Waals surface area contributed by atoms with E-state index in [4.69, 9.17) is 11.6 Å². The first-order valence-corrected chi connectivity index (χ1v) is 4.22. The average molecular weight is 271 g/mol. The smallest absolute Gasteiger partial charge is 0.258 e. The van der Waals surface area contributed by atoms with E-state index in [-0.39, 0.29) is 0 Å². The van der Waals surface area contributed by atoms with Crippen LogP contribution in [-0.4, -0.2) is 9.85 Å². The molecule has 0 spiro atoms. The lowest BCUT2D eigenvalue weighted by atomic mass is 10.1. The van der Waals surface area contributed by atoms with E-state index in [2.05, 4.69) is 0 Å². The zero-order chi connectivity index (χ0) is 13.4. The molecule has 0 aliphatic heterocycles. The summed E-state index contributed by atoms with van der Waals surface area (Å²) in [5.74, 6) is 0. The fourth-order valence-corrected chi connectivity index (χ4v) is 1.36. The number of nitrogens with zero attached hydrogens (tertiary/aromatic N) is 2. The largest absolute Gasteiger partial charge is 0.429 e. The van der Waals surface area contributed by atoms with E-state index in [1.807, 2.05) is 0 Å². The van der Waals surface area contributed by atoms with Gasteiger partial charge in [0.25, 0.3) is 11.4 Å². The molecule has 0 aliphatic rings. The second-order valence-corrected chi connectivity index (χ2v) is 3.27. The first-order valence-electron chi connectivity index (χ1n) is 3.84. The van der Waals surface area contributed by atoms with Gasteiger partial charge in [0.2, 0.25) is 5.56 Å². The summed E-state index contributed by atoms with van der Waals surface area (Å²) in [5.41, 5.74) is -4.81. The van der Waals surface area contributed by atoms with Crippen LogP contribution in [0.5, 0.6) is 0 Å². The van der Waals surface area contributed by atoms with E-state index in [0.29, 0.717) is 12.1 Å². The lowest BCUT2D eigenvalue weighted by molar-refractivity contribution is -0.399. The SMILES string of the molecule is O=[N+]([O-])c1cc(Cl)cc([N+](=O)[O-])c1C(F)(F)F. The summed E-state index contributed by atoms with van der Waals surface area (Å²) in [6, 6.07) is 0.828. The van der Waals surface area contributed by atoms with Gasteiger partial charge < -0.3 is 0 Å². The van der Waals surface area contributed by atoms with Gasteiger partial charge in [-0.15, -0.1) is 0 Å². The quantitative estimate of drug-likeness (QED) is 0.610. The monoisotopic (exact) mass is 270 g/mol. The van der Waals surface area contributed by atoms with Crippen molar-refractivity contribution >= 4 is 23.0 Å². The minimum Gasteiger partial charge on any atom is -0.258 e. The van der Waals surface area contributed by atoms with Crippen molar-refractivity contribution in [2.75, 3.05) is 0 Å². The Bertz CT molecular complexity index is 467. The lowest BCUT2D eigenvalue weighted by Crippen LogP contribution is -2.12. The molecule has 0 bridgehead atoms. The fourth-order valence-electron chi connectivity index (χ4n) is 1.16. The second kappa shape index (κ2) is 4.17. The van der Waals surface area contributed by atoms with Crippen LogP contribution in [0.4, 0.5) is 24.5 Å². The van der Waals surface area contributed by atoms with Crippen LogP contribution in [0.15, 0.2) is 12.1 Å². The third-order valence-electron chi connectivity index (χ3n) is 1.74. The van der Waals surface area contributed by atoms with E-state index in [1.54, 1.807) is 0 Å². The topological polar surface area (TPSA) is 86.3 Å². The van der Waals surface area contributed by atoms with E-state index < -0.39 is 38.0 Å². The fraction of sp³-hybridized carbons (Fsp3) is 0.143. The minimum absolute atomic E-state index is 0.414. The van der Waals surface area contributed by atoms with E-state index in [0.717, 1.165) is 0 Å². The number of rotatable bonds is 2. The minimum atomic E-state index is -5.21. The number of benzene rings is 1. The molecule has 1 aromatic carbocycles. The molecule has 17 heavy (non-hydrogen) atoms. The van der Waals surface area contributed by atoms with Crippen molar-refractivity contribution in [1.82, 2.24) is 0 Å². The molecular formula is C7H2ClF3N2O4. The summed E-state index contributed by atoms with van der Waals surface area (Å²) < 4.78 is 37.5. The first kappa shape index (κ1) is 13.2. The van der Waals surface area contributed by atoms with Crippen molar-refractivity contribution in [1.29, 1.82) is 0 Å². The Kier molecular flexibility index (Phi) is 3.23. The Morgan fingerprint density at radius 1 is 1.06 bits per heavy atom. The van der Waals surface area contributed by atoms with Gasteiger partial charge in [-0.05, 0) is 0 Å². The third kappa shape index (κ3) is 2.61. The van der Waals surface area contributed by atoms with Crippen LogP contribution in [0.25, 0.3) is 0 Å². The highest BCUT2D eigenvalue weighted by Crippen LogP contribution is 2.43. The van der Waals surface area contributed by atoms with Crippen LogP contribution in [0.3, 0.4) is 0 Å². The molecule has 0 amide bonds. The van der Waals surface area contributed by atoms with Crippen molar-refractivity contribution < 1.29 is 23.0 Å². The van der Waals surface area contributed by atoms with Crippen LogP contribution in [0.1, 0.15) is 5.56 Å². The Labute approximate surface area is 95.9 Å². The summed E-state index contributed by atoms with van der Waals surface area (Å²) in [6.07, 6.45) is -5.21. The van der Waals surface area contributed by atoms with Gasteiger partial charge in [-0.3, -0.25) is 20.2 Å². The molecule has 10 heteroatoms. The molecule has 0 heterocycles. The zero-order valence-electron chi connectivity index (χ0n) is 7.69. The molecule has 0 N–H and O–H groups in total. The van der Waals surface area contributed by atoms with Crippen molar-refractivity contribution in [2.45, 2.75) is 6.18 Å². The summed E-state index contributed by atoms with van der Waals surface area (Å²) >= 11 is 5.28. The Balaban J connectivity index is 3.72. The van der Waals surface area contributed by atoms with Gasteiger partial charge in [0.15, 0.2) is 0 Å². The maximum atomic E-state index is 12.5. The van der Waals surface area contributed by atoms with Crippen LogP contribution in [0, 0.1) is 20.2 Å². The van der Waals surface area contributed by atoms with Gasteiger partial charge in [-0.2, -0.15) is 13.2 Å². The third-order valence-corrected chi connectivity index (χ3v) is 1.96. The highest BCUT2D eigenvalue weighted by atomic mass is 35.5. The molecule has 0 unspecified atom stereocenters. The molecular weight excluding hydrogens is 269 g/mol. The highest BCUT2D eigenvalue weighted by molar-refractivity contribution is 6.31. The maximum Gasteiger partial charge on any atom is 0.429 e. The maximum absolute atomic E-state index is 12.5. The Morgan fingerprint density at radius 2 is 1.41 bits per heavy atom. The lowest BCUT2D eigenvalue weighted by Gasteiger charge is -2.08. The number of hydrogen-bond acceptors (Lipinski definition) is 4. The Morgan fingerprint density at radius 3 is 1.65 bits per heavy atom. The Hall–Kier alpha value is -1.90. The number of nitro groups is 2.